The number of carbonyl (C=O) groups excluding carboxylic acids is 1. The van der Waals surface area contributed by atoms with Crippen LogP contribution in [0.4, 0.5) is 5.69 Å². The largest absolute Gasteiger partial charge is 0.481 e. The summed E-state index contributed by atoms with van der Waals surface area (Å²) < 4.78 is 7.25. The summed E-state index contributed by atoms with van der Waals surface area (Å²) in [6.07, 6.45) is 6.15. The average Bonchev–Trinajstić information content (AvgIpc) is 2.86. The first-order chi connectivity index (χ1) is 11.5. The summed E-state index contributed by atoms with van der Waals surface area (Å²) >= 11 is 0. The molecule has 1 aromatic heterocycles. The number of aromatic nitrogens is 2. The molecule has 0 atom stereocenters. The van der Waals surface area contributed by atoms with Crippen LogP contribution < -0.4 is 9.64 Å². The van der Waals surface area contributed by atoms with E-state index in [2.05, 4.69) is 17.9 Å². The van der Waals surface area contributed by atoms with Crippen LogP contribution >= 0.6 is 0 Å². The Hall–Kier alpha value is -2.74. The van der Waals surface area contributed by atoms with Crippen LogP contribution in [0.1, 0.15) is 35.1 Å². The van der Waals surface area contributed by atoms with Crippen molar-refractivity contribution in [2.45, 2.75) is 33.7 Å². The molecule has 2 rings (SSSR count). The molecule has 0 radical (unpaired) electrons. The molecule has 0 spiro atoms. The summed E-state index contributed by atoms with van der Waals surface area (Å²) in [6, 6.07) is 7.28. The highest BCUT2D eigenvalue weighted by molar-refractivity contribution is 6.07. The average molecular weight is 325 g/mol. The minimum absolute atomic E-state index is 0.0651. The van der Waals surface area contributed by atoms with E-state index in [-0.39, 0.29) is 12.5 Å². The molecule has 0 N–H and O–H groups in total. The maximum absolute atomic E-state index is 12.9. The molecule has 0 aliphatic carbocycles. The van der Waals surface area contributed by atoms with Gasteiger partial charge in [0.05, 0.1) is 11.3 Å². The lowest BCUT2D eigenvalue weighted by Crippen LogP contribution is -2.27. The van der Waals surface area contributed by atoms with Crippen LogP contribution in [0.3, 0.4) is 0 Å². The summed E-state index contributed by atoms with van der Waals surface area (Å²) in [5.74, 6) is 3.04. The number of hydrogen-bond acceptors (Lipinski definition) is 3. The smallest absolute Gasteiger partial charge is 0.261 e. The molecular weight excluding hydrogens is 302 g/mol. The van der Waals surface area contributed by atoms with Crippen molar-refractivity contribution < 1.29 is 9.53 Å². The molecule has 0 aliphatic heterocycles. The Bertz CT molecular complexity index is 754. The Kier molecular flexibility index (Phi) is 5.64. The van der Waals surface area contributed by atoms with Crippen LogP contribution in [-0.4, -0.2) is 29.3 Å². The Morgan fingerprint density at radius 3 is 2.58 bits per heavy atom. The number of terminal acetylenes is 1. The molecular formula is C19H23N3O2. The molecule has 126 valence electrons. The predicted octanol–water partition coefficient (Wildman–Crippen LogP) is 3.20. The Morgan fingerprint density at radius 2 is 2.00 bits per heavy atom. The first-order valence-electron chi connectivity index (χ1n) is 7.98. The first kappa shape index (κ1) is 17.6. The van der Waals surface area contributed by atoms with E-state index in [1.807, 2.05) is 30.7 Å². The lowest BCUT2D eigenvalue weighted by atomic mass is 10.1. The second kappa shape index (κ2) is 7.69. The van der Waals surface area contributed by atoms with Crippen molar-refractivity contribution in [2.75, 3.05) is 18.6 Å². The van der Waals surface area contributed by atoms with Gasteiger partial charge in [0.1, 0.15) is 12.4 Å². The van der Waals surface area contributed by atoms with E-state index in [1.165, 1.54) is 0 Å². The van der Waals surface area contributed by atoms with Gasteiger partial charge in [-0.2, -0.15) is 5.10 Å². The molecule has 1 aromatic carbocycles. The Balaban J connectivity index is 2.22. The van der Waals surface area contributed by atoms with Gasteiger partial charge in [0.25, 0.3) is 5.91 Å². The third-order valence-electron chi connectivity index (χ3n) is 3.88. The number of rotatable bonds is 6. The summed E-state index contributed by atoms with van der Waals surface area (Å²) in [7, 11) is 1.76. The van der Waals surface area contributed by atoms with Crippen LogP contribution in [0.25, 0.3) is 0 Å². The van der Waals surface area contributed by atoms with Gasteiger partial charge in [-0.15, -0.1) is 6.42 Å². The van der Waals surface area contributed by atoms with Crippen molar-refractivity contribution in [3.63, 3.8) is 0 Å². The van der Waals surface area contributed by atoms with Gasteiger partial charge in [-0.1, -0.05) is 12.8 Å². The van der Waals surface area contributed by atoms with E-state index in [4.69, 9.17) is 11.2 Å². The van der Waals surface area contributed by atoms with Gasteiger partial charge in [-0.3, -0.25) is 9.48 Å². The maximum Gasteiger partial charge on any atom is 0.261 e. The standard InChI is InChI=1S/C19H23N3O2/c1-6-12-22-15(4)18(14(3)20-22)19(23)21(5)16-8-10-17(11-9-16)24-13-7-2/h2,8-11H,6,12-13H2,1,3-5H3. The third kappa shape index (κ3) is 3.60. The highest BCUT2D eigenvalue weighted by Crippen LogP contribution is 2.22. The lowest BCUT2D eigenvalue weighted by Gasteiger charge is -2.18. The maximum atomic E-state index is 12.9. The highest BCUT2D eigenvalue weighted by Gasteiger charge is 2.22. The number of carbonyl (C=O) groups is 1. The van der Waals surface area contributed by atoms with Gasteiger partial charge >= 0.3 is 0 Å². The van der Waals surface area contributed by atoms with E-state index in [1.54, 1.807) is 24.1 Å². The number of aryl methyl sites for hydroxylation is 2. The van der Waals surface area contributed by atoms with Gasteiger partial charge in [0, 0.05) is 25.0 Å². The zero-order valence-corrected chi connectivity index (χ0v) is 14.7. The lowest BCUT2D eigenvalue weighted by molar-refractivity contribution is 0.0991. The van der Waals surface area contributed by atoms with Crippen molar-refractivity contribution in [3.05, 3.63) is 41.2 Å². The molecule has 5 nitrogen and oxygen atoms in total. The zero-order valence-electron chi connectivity index (χ0n) is 14.7. The van der Waals surface area contributed by atoms with Crippen molar-refractivity contribution in [2.24, 2.45) is 0 Å². The predicted molar refractivity (Wildman–Crippen MR) is 95.5 cm³/mol. The van der Waals surface area contributed by atoms with Crippen molar-refractivity contribution in [1.82, 2.24) is 9.78 Å². The summed E-state index contributed by atoms with van der Waals surface area (Å²) in [4.78, 5) is 14.5. The van der Waals surface area contributed by atoms with Crippen LogP contribution in [0.2, 0.25) is 0 Å². The van der Waals surface area contributed by atoms with Gasteiger partial charge in [0.2, 0.25) is 0 Å². The summed E-state index contributed by atoms with van der Waals surface area (Å²) in [5.41, 5.74) is 3.11. The molecule has 0 saturated carbocycles. The van der Waals surface area contributed by atoms with Gasteiger partial charge in [0.15, 0.2) is 0 Å². The van der Waals surface area contributed by atoms with E-state index in [0.717, 1.165) is 30.0 Å². The quantitative estimate of drug-likeness (QED) is 0.766. The monoisotopic (exact) mass is 325 g/mol. The van der Waals surface area contributed by atoms with Crippen LogP contribution in [-0.2, 0) is 6.54 Å². The highest BCUT2D eigenvalue weighted by atomic mass is 16.5. The SMILES string of the molecule is C#CCOc1ccc(N(C)C(=O)c2c(C)nn(CCC)c2C)cc1. The molecule has 5 heteroatoms. The van der Waals surface area contributed by atoms with Gasteiger partial charge in [-0.05, 0) is 44.5 Å². The Labute approximate surface area is 143 Å². The van der Waals surface area contributed by atoms with Crippen LogP contribution in [0.5, 0.6) is 5.75 Å². The van der Waals surface area contributed by atoms with Crippen molar-refractivity contribution >= 4 is 11.6 Å². The minimum Gasteiger partial charge on any atom is -0.481 e. The van der Waals surface area contributed by atoms with E-state index < -0.39 is 0 Å². The number of amides is 1. The molecule has 1 amide bonds. The Morgan fingerprint density at radius 1 is 1.33 bits per heavy atom. The molecule has 24 heavy (non-hydrogen) atoms. The van der Waals surface area contributed by atoms with Crippen LogP contribution in [0, 0.1) is 26.2 Å². The fourth-order valence-corrected chi connectivity index (χ4v) is 2.61. The van der Waals surface area contributed by atoms with E-state index in [0.29, 0.717) is 11.3 Å². The van der Waals surface area contributed by atoms with Crippen LogP contribution in [0.15, 0.2) is 24.3 Å². The molecule has 0 aliphatic rings. The topological polar surface area (TPSA) is 47.4 Å². The van der Waals surface area contributed by atoms with Crippen molar-refractivity contribution in [1.29, 1.82) is 0 Å². The molecule has 0 fully saturated rings. The number of anilines is 1. The normalized spacial score (nSPS) is 10.3. The summed E-state index contributed by atoms with van der Waals surface area (Å²) in [6.45, 7) is 6.94. The van der Waals surface area contributed by atoms with E-state index >= 15 is 0 Å². The summed E-state index contributed by atoms with van der Waals surface area (Å²) in [5, 5.41) is 4.48. The number of ether oxygens (including phenoxy) is 1. The fraction of sp³-hybridized carbons (Fsp3) is 0.368. The van der Waals surface area contributed by atoms with E-state index in [9.17, 15) is 4.79 Å². The minimum atomic E-state index is -0.0651. The molecule has 0 unspecified atom stereocenters. The molecule has 0 saturated heterocycles. The number of benzene rings is 1. The zero-order chi connectivity index (χ0) is 17.7. The molecule has 2 aromatic rings. The fourth-order valence-electron chi connectivity index (χ4n) is 2.61. The second-order valence-corrected chi connectivity index (χ2v) is 5.62. The van der Waals surface area contributed by atoms with Gasteiger partial charge in [-0.25, -0.2) is 0 Å². The third-order valence-corrected chi connectivity index (χ3v) is 3.88. The second-order valence-electron chi connectivity index (χ2n) is 5.62. The first-order valence-corrected chi connectivity index (χ1v) is 7.98. The molecule has 1 heterocycles. The van der Waals surface area contributed by atoms with Crippen molar-refractivity contribution in [3.8, 4) is 18.1 Å². The number of nitrogens with zero attached hydrogens (tertiary/aromatic N) is 3. The van der Waals surface area contributed by atoms with Gasteiger partial charge < -0.3 is 9.64 Å². The number of hydrogen-bond donors (Lipinski definition) is 0. The molecule has 0 bridgehead atoms.